The minimum absolute atomic E-state index is 0.182. The summed E-state index contributed by atoms with van der Waals surface area (Å²) in [4.78, 5) is 20.6. The van der Waals surface area contributed by atoms with Crippen LogP contribution in [0.1, 0.15) is 24.6 Å². The number of fused-ring (bicyclic) bond motifs is 1. The van der Waals surface area contributed by atoms with E-state index in [1.54, 1.807) is 6.07 Å². The van der Waals surface area contributed by atoms with Crippen molar-refractivity contribution in [3.63, 3.8) is 0 Å². The Morgan fingerprint density at radius 1 is 1.12 bits per heavy atom. The maximum atomic E-state index is 12.9. The van der Waals surface area contributed by atoms with E-state index in [-0.39, 0.29) is 10.1 Å². The Bertz CT molecular complexity index is 950. The molecule has 0 amide bonds. The minimum atomic E-state index is -4.45. The molecule has 0 spiro atoms. The third-order valence-corrected chi connectivity index (χ3v) is 4.53. The molecule has 124 valence electrons. The van der Waals surface area contributed by atoms with E-state index in [0.29, 0.717) is 10.7 Å². The van der Waals surface area contributed by atoms with Crippen molar-refractivity contribution in [2.24, 2.45) is 0 Å². The second-order valence-corrected chi connectivity index (χ2v) is 6.33. The molecule has 3 aromatic rings. The molecule has 0 aliphatic rings. The number of aryl methyl sites for hydroxylation is 1. The van der Waals surface area contributed by atoms with E-state index < -0.39 is 17.3 Å². The van der Waals surface area contributed by atoms with Crippen LogP contribution in [0.25, 0.3) is 20.8 Å². The number of hydrogen-bond acceptors (Lipinski definition) is 4. The summed E-state index contributed by atoms with van der Waals surface area (Å²) in [5.41, 5.74) is 0.0358. The van der Waals surface area contributed by atoms with Crippen molar-refractivity contribution in [1.29, 1.82) is 0 Å². The average Bonchev–Trinajstić information content (AvgIpc) is 2.54. The van der Waals surface area contributed by atoms with Gasteiger partial charge >= 0.3 is 6.18 Å². The highest BCUT2D eigenvalue weighted by Crippen LogP contribution is 2.33. The van der Waals surface area contributed by atoms with Gasteiger partial charge in [-0.05, 0) is 36.8 Å². The number of halogens is 3. The van der Waals surface area contributed by atoms with Gasteiger partial charge in [0.2, 0.25) is 0 Å². The lowest BCUT2D eigenvalue weighted by molar-refractivity contribution is -0.137. The summed E-state index contributed by atoms with van der Waals surface area (Å²) < 4.78 is 38.9. The molecular weight excluding hydrogens is 337 g/mol. The highest BCUT2D eigenvalue weighted by molar-refractivity contribution is 7.21. The van der Waals surface area contributed by atoms with Crippen molar-refractivity contribution in [2.75, 3.05) is 0 Å². The van der Waals surface area contributed by atoms with Gasteiger partial charge in [0.1, 0.15) is 5.01 Å². The normalized spacial score (nSPS) is 11.8. The van der Waals surface area contributed by atoms with Crippen LogP contribution in [-0.4, -0.2) is 9.97 Å². The van der Waals surface area contributed by atoms with E-state index in [0.717, 1.165) is 42.0 Å². The Hall–Kier alpha value is -2.28. The fraction of sp³-hybridized carbons (Fsp3) is 0.235. The molecule has 0 radical (unpaired) electrons. The predicted octanol–water partition coefficient (Wildman–Crippen LogP) is 4.69. The molecule has 0 saturated carbocycles. The quantitative estimate of drug-likeness (QED) is 0.688. The van der Waals surface area contributed by atoms with Crippen molar-refractivity contribution in [3.8, 4) is 10.7 Å². The lowest BCUT2D eigenvalue weighted by Gasteiger charge is -2.08. The van der Waals surface area contributed by atoms with E-state index in [4.69, 9.17) is 0 Å². The van der Waals surface area contributed by atoms with Gasteiger partial charge in [0.25, 0.3) is 5.56 Å². The van der Waals surface area contributed by atoms with Crippen molar-refractivity contribution in [1.82, 2.24) is 9.97 Å². The summed E-state index contributed by atoms with van der Waals surface area (Å²) in [6.45, 7) is 2.03. The third-order valence-electron chi connectivity index (χ3n) is 3.48. The molecule has 7 heteroatoms. The number of alkyl halides is 3. The Morgan fingerprint density at radius 2 is 1.92 bits per heavy atom. The summed E-state index contributed by atoms with van der Waals surface area (Å²) in [5.74, 6) is 0. The zero-order valence-corrected chi connectivity index (χ0v) is 13.5. The van der Waals surface area contributed by atoms with Gasteiger partial charge in [-0.25, -0.2) is 0 Å². The molecule has 3 rings (SSSR count). The first-order valence-electron chi connectivity index (χ1n) is 7.37. The molecule has 0 atom stereocenters. The predicted molar refractivity (Wildman–Crippen MR) is 88.1 cm³/mol. The van der Waals surface area contributed by atoms with Gasteiger partial charge in [0, 0.05) is 10.4 Å². The monoisotopic (exact) mass is 350 g/mol. The summed E-state index contributed by atoms with van der Waals surface area (Å²) in [7, 11) is 0. The van der Waals surface area contributed by atoms with Crippen LogP contribution in [0.3, 0.4) is 0 Å². The zero-order chi connectivity index (χ0) is 17.3. The fourth-order valence-corrected chi connectivity index (χ4v) is 3.35. The molecule has 2 heterocycles. The van der Waals surface area contributed by atoms with Crippen LogP contribution in [0, 0.1) is 0 Å². The molecule has 2 aromatic heterocycles. The van der Waals surface area contributed by atoms with Gasteiger partial charge in [0.05, 0.1) is 16.6 Å². The van der Waals surface area contributed by atoms with Crippen LogP contribution in [-0.2, 0) is 12.6 Å². The van der Waals surface area contributed by atoms with Crippen LogP contribution in [0.5, 0.6) is 0 Å². The molecule has 0 fully saturated rings. The van der Waals surface area contributed by atoms with Crippen molar-refractivity contribution in [3.05, 3.63) is 58.0 Å². The summed E-state index contributed by atoms with van der Waals surface area (Å²) in [6, 6.07) is 8.45. The summed E-state index contributed by atoms with van der Waals surface area (Å²) in [6.07, 6.45) is -2.74. The van der Waals surface area contributed by atoms with Gasteiger partial charge in [-0.2, -0.15) is 18.2 Å². The molecule has 0 unspecified atom stereocenters. The standard InChI is InChI=1S/C17H13F3N2OS/c1-2-4-11-5-3-6-13(21-11)16-22-15(23)12-8-7-10(17(18,19)20)9-14(12)24-16/h3,5-9H,2,4H2,1H3. The Morgan fingerprint density at radius 3 is 2.62 bits per heavy atom. The SMILES string of the molecule is CCCc1cccc(-c2nc(=O)c3ccc(C(F)(F)F)cc3s2)n1. The molecule has 0 N–H and O–H groups in total. The van der Waals surface area contributed by atoms with Gasteiger partial charge in [0.15, 0.2) is 0 Å². The molecule has 0 bridgehead atoms. The number of aromatic nitrogens is 2. The van der Waals surface area contributed by atoms with Crippen molar-refractivity contribution >= 4 is 21.4 Å². The Balaban J connectivity index is 2.15. The minimum Gasteiger partial charge on any atom is -0.267 e. The van der Waals surface area contributed by atoms with E-state index in [1.165, 1.54) is 6.07 Å². The number of pyridine rings is 1. The largest absolute Gasteiger partial charge is 0.416 e. The summed E-state index contributed by atoms with van der Waals surface area (Å²) in [5, 5.41) is 0.506. The van der Waals surface area contributed by atoms with E-state index in [9.17, 15) is 18.0 Å². The number of benzene rings is 1. The van der Waals surface area contributed by atoms with Crippen LogP contribution in [0.4, 0.5) is 13.2 Å². The maximum absolute atomic E-state index is 12.9. The first-order chi connectivity index (χ1) is 11.4. The van der Waals surface area contributed by atoms with Crippen LogP contribution in [0.2, 0.25) is 0 Å². The molecular formula is C17H13F3N2OS. The highest BCUT2D eigenvalue weighted by atomic mass is 32.1. The number of nitrogens with zero attached hydrogens (tertiary/aromatic N) is 2. The van der Waals surface area contributed by atoms with Gasteiger partial charge in [-0.1, -0.05) is 19.4 Å². The van der Waals surface area contributed by atoms with Crippen LogP contribution < -0.4 is 5.56 Å². The lowest BCUT2D eigenvalue weighted by Crippen LogP contribution is -2.09. The Labute approximate surface area is 139 Å². The summed E-state index contributed by atoms with van der Waals surface area (Å²) >= 11 is 1.04. The van der Waals surface area contributed by atoms with E-state index in [1.807, 2.05) is 19.1 Å². The smallest absolute Gasteiger partial charge is 0.267 e. The third kappa shape index (κ3) is 3.31. The zero-order valence-electron chi connectivity index (χ0n) is 12.7. The second kappa shape index (κ2) is 6.32. The molecule has 24 heavy (non-hydrogen) atoms. The first kappa shape index (κ1) is 16.6. The number of hydrogen-bond donors (Lipinski definition) is 0. The van der Waals surface area contributed by atoms with Gasteiger partial charge in [-0.3, -0.25) is 9.78 Å². The highest BCUT2D eigenvalue weighted by Gasteiger charge is 2.30. The van der Waals surface area contributed by atoms with Crippen LogP contribution in [0.15, 0.2) is 41.2 Å². The number of rotatable bonds is 3. The molecule has 3 nitrogen and oxygen atoms in total. The lowest BCUT2D eigenvalue weighted by atomic mass is 10.2. The van der Waals surface area contributed by atoms with Crippen LogP contribution >= 0.6 is 11.3 Å². The second-order valence-electron chi connectivity index (χ2n) is 5.30. The van der Waals surface area contributed by atoms with Gasteiger partial charge < -0.3 is 0 Å². The molecule has 0 aliphatic carbocycles. The maximum Gasteiger partial charge on any atom is 0.416 e. The van der Waals surface area contributed by atoms with Crippen molar-refractivity contribution in [2.45, 2.75) is 25.9 Å². The topological polar surface area (TPSA) is 42.9 Å². The fourth-order valence-electron chi connectivity index (χ4n) is 2.34. The molecule has 0 aliphatic heterocycles. The van der Waals surface area contributed by atoms with Crippen molar-refractivity contribution < 1.29 is 13.2 Å². The molecule has 0 saturated heterocycles. The Kier molecular flexibility index (Phi) is 4.36. The van der Waals surface area contributed by atoms with E-state index >= 15 is 0 Å². The molecule has 1 aromatic carbocycles. The van der Waals surface area contributed by atoms with Gasteiger partial charge in [-0.15, -0.1) is 11.3 Å². The average molecular weight is 350 g/mol. The van der Waals surface area contributed by atoms with E-state index in [2.05, 4.69) is 9.97 Å². The first-order valence-corrected chi connectivity index (χ1v) is 8.18.